The van der Waals surface area contributed by atoms with E-state index in [9.17, 15) is 4.39 Å². The Kier molecular flexibility index (Phi) is 5.42. The highest BCUT2D eigenvalue weighted by Crippen LogP contribution is 2.29. The first kappa shape index (κ1) is 13.7. The first-order valence-electron chi connectivity index (χ1n) is 5.73. The average Bonchev–Trinajstić information content (AvgIpc) is 2.21. The molecule has 1 rings (SSSR count). The molecule has 0 aromatic heterocycles. The summed E-state index contributed by atoms with van der Waals surface area (Å²) in [6.07, 6.45) is 1.01. The summed E-state index contributed by atoms with van der Waals surface area (Å²) in [4.78, 5) is 0. The molecule has 0 amide bonds. The third-order valence-electron chi connectivity index (χ3n) is 2.51. The normalized spacial score (nSPS) is 13.1. The van der Waals surface area contributed by atoms with Gasteiger partial charge in [-0.15, -0.1) is 0 Å². The standard InChI is InChI=1S/C13H19BrFN/c1-4-16-12(8-9(2)3)10-6-5-7-11(15)13(10)14/h5-7,9,12,16H,4,8H2,1-3H3. The van der Waals surface area contributed by atoms with Gasteiger partial charge in [-0.2, -0.15) is 0 Å². The second kappa shape index (κ2) is 6.36. The number of benzene rings is 1. The average molecular weight is 288 g/mol. The Hall–Kier alpha value is -0.410. The van der Waals surface area contributed by atoms with Crippen molar-refractivity contribution >= 4 is 15.9 Å². The fourth-order valence-corrected chi connectivity index (χ4v) is 2.37. The summed E-state index contributed by atoms with van der Waals surface area (Å²) in [6, 6.07) is 5.43. The van der Waals surface area contributed by atoms with Crippen LogP contribution in [0.5, 0.6) is 0 Å². The molecule has 0 aliphatic rings. The van der Waals surface area contributed by atoms with Crippen molar-refractivity contribution in [3.8, 4) is 0 Å². The van der Waals surface area contributed by atoms with Crippen LogP contribution in [0.1, 0.15) is 38.8 Å². The molecule has 16 heavy (non-hydrogen) atoms. The third-order valence-corrected chi connectivity index (χ3v) is 3.35. The molecule has 0 fully saturated rings. The molecule has 3 heteroatoms. The predicted molar refractivity (Wildman–Crippen MR) is 70.0 cm³/mol. The molecule has 0 aliphatic heterocycles. The van der Waals surface area contributed by atoms with E-state index in [1.807, 2.05) is 6.07 Å². The Morgan fingerprint density at radius 3 is 2.62 bits per heavy atom. The largest absolute Gasteiger partial charge is 0.310 e. The van der Waals surface area contributed by atoms with Crippen LogP contribution < -0.4 is 5.32 Å². The maximum absolute atomic E-state index is 13.4. The van der Waals surface area contributed by atoms with E-state index in [4.69, 9.17) is 0 Å². The van der Waals surface area contributed by atoms with Gasteiger partial charge in [0.15, 0.2) is 0 Å². The van der Waals surface area contributed by atoms with Crippen molar-refractivity contribution in [3.63, 3.8) is 0 Å². The lowest BCUT2D eigenvalue weighted by Gasteiger charge is -2.21. The third kappa shape index (κ3) is 3.56. The van der Waals surface area contributed by atoms with E-state index in [1.165, 1.54) is 6.07 Å². The van der Waals surface area contributed by atoms with E-state index in [1.54, 1.807) is 6.07 Å². The number of rotatable bonds is 5. The summed E-state index contributed by atoms with van der Waals surface area (Å²) in [6.45, 7) is 7.32. The van der Waals surface area contributed by atoms with Crippen LogP contribution in [0, 0.1) is 11.7 Å². The van der Waals surface area contributed by atoms with E-state index < -0.39 is 0 Å². The quantitative estimate of drug-likeness (QED) is 0.852. The minimum Gasteiger partial charge on any atom is -0.310 e. The second-order valence-corrected chi connectivity index (χ2v) is 5.18. The lowest BCUT2D eigenvalue weighted by atomic mass is 9.97. The molecule has 90 valence electrons. The molecule has 0 saturated carbocycles. The van der Waals surface area contributed by atoms with E-state index >= 15 is 0 Å². The molecule has 0 saturated heterocycles. The van der Waals surface area contributed by atoms with E-state index in [0.29, 0.717) is 10.4 Å². The van der Waals surface area contributed by atoms with Gasteiger partial charge in [0, 0.05) is 6.04 Å². The van der Waals surface area contributed by atoms with Crippen LogP contribution in [-0.4, -0.2) is 6.54 Å². The van der Waals surface area contributed by atoms with Gasteiger partial charge in [0.25, 0.3) is 0 Å². The highest BCUT2D eigenvalue weighted by atomic mass is 79.9. The smallest absolute Gasteiger partial charge is 0.137 e. The molecule has 1 aromatic carbocycles. The first-order valence-corrected chi connectivity index (χ1v) is 6.52. The summed E-state index contributed by atoms with van der Waals surface area (Å²) < 4.78 is 14.0. The van der Waals surface area contributed by atoms with Crippen molar-refractivity contribution in [2.45, 2.75) is 33.2 Å². The van der Waals surface area contributed by atoms with Crippen LogP contribution in [0.15, 0.2) is 22.7 Å². The van der Waals surface area contributed by atoms with Crippen molar-refractivity contribution in [2.75, 3.05) is 6.54 Å². The molecule has 1 N–H and O–H groups in total. The highest BCUT2D eigenvalue weighted by molar-refractivity contribution is 9.10. The minimum atomic E-state index is -0.191. The van der Waals surface area contributed by atoms with Gasteiger partial charge in [0.1, 0.15) is 5.82 Å². The van der Waals surface area contributed by atoms with Gasteiger partial charge in [0.2, 0.25) is 0 Å². The molecule has 1 atom stereocenters. The van der Waals surface area contributed by atoms with Gasteiger partial charge in [-0.05, 0) is 46.4 Å². The van der Waals surface area contributed by atoms with Crippen molar-refractivity contribution < 1.29 is 4.39 Å². The summed E-state index contributed by atoms with van der Waals surface area (Å²) in [5.74, 6) is 0.392. The Bertz CT molecular complexity index is 339. The van der Waals surface area contributed by atoms with E-state index in [-0.39, 0.29) is 11.9 Å². The summed E-state index contributed by atoms with van der Waals surface area (Å²) in [5, 5.41) is 3.40. The Balaban J connectivity index is 2.96. The fourth-order valence-electron chi connectivity index (χ4n) is 1.83. The molecular weight excluding hydrogens is 269 g/mol. The number of nitrogens with one attached hydrogen (secondary N) is 1. The minimum absolute atomic E-state index is 0.191. The molecule has 1 unspecified atom stereocenters. The Morgan fingerprint density at radius 2 is 2.06 bits per heavy atom. The van der Waals surface area contributed by atoms with Gasteiger partial charge in [-0.1, -0.05) is 32.9 Å². The lowest BCUT2D eigenvalue weighted by molar-refractivity contribution is 0.435. The lowest BCUT2D eigenvalue weighted by Crippen LogP contribution is -2.23. The van der Waals surface area contributed by atoms with Crippen molar-refractivity contribution in [1.29, 1.82) is 0 Å². The van der Waals surface area contributed by atoms with Crippen LogP contribution in [0.3, 0.4) is 0 Å². The van der Waals surface area contributed by atoms with Gasteiger partial charge in [0.05, 0.1) is 4.47 Å². The number of hydrogen-bond acceptors (Lipinski definition) is 1. The SMILES string of the molecule is CCNC(CC(C)C)c1cccc(F)c1Br. The Labute approximate surface area is 106 Å². The fraction of sp³-hybridized carbons (Fsp3) is 0.538. The zero-order valence-corrected chi connectivity index (χ0v) is 11.6. The molecule has 0 bridgehead atoms. The molecule has 0 aliphatic carbocycles. The van der Waals surface area contributed by atoms with Gasteiger partial charge in [-0.25, -0.2) is 4.39 Å². The molecular formula is C13H19BrFN. The molecule has 0 radical (unpaired) electrons. The summed E-state index contributed by atoms with van der Waals surface area (Å²) in [7, 11) is 0. The topological polar surface area (TPSA) is 12.0 Å². The summed E-state index contributed by atoms with van der Waals surface area (Å²) in [5.41, 5.74) is 1.01. The van der Waals surface area contributed by atoms with Crippen LogP contribution in [0.25, 0.3) is 0 Å². The Morgan fingerprint density at radius 1 is 1.38 bits per heavy atom. The van der Waals surface area contributed by atoms with E-state index in [0.717, 1.165) is 18.5 Å². The van der Waals surface area contributed by atoms with Crippen LogP contribution >= 0.6 is 15.9 Å². The van der Waals surface area contributed by atoms with Crippen LogP contribution in [0.4, 0.5) is 4.39 Å². The van der Waals surface area contributed by atoms with Gasteiger partial charge >= 0.3 is 0 Å². The number of halogens is 2. The molecule has 1 nitrogen and oxygen atoms in total. The van der Waals surface area contributed by atoms with Gasteiger partial charge < -0.3 is 5.32 Å². The van der Waals surface area contributed by atoms with Crippen molar-refractivity contribution in [3.05, 3.63) is 34.1 Å². The van der Waals surface area contributed by atoms with Crippen molar-refractivity contribution in [1.82, 2.24) is 5.32 Å². The summed E-state index contributed by atoms with van der Waals surface area (Å²) >= 11 is 3.33. The zero-order valence-electron chi connectivity index (χ0n) is 10.1. The monoisotopic (exact) mass is 287 g/mol. The molecule has 0 spiro atoms. The van der Waals surface area contributed by atoms with Crippen LogP contribution in [0.2, 0.25) is 0 Å². The van der Waals surface area contributed by atoms with Crippen LogP contribution in [-0.2, 0) is 0 Å². The molecule has 1 aromatic rings. The number of hydrogen-bond donors (Lipinski definition) is 1. The van der Waals surface area contributed by atoms with Crippen molar-refractivity contribution in [2.24, 2.45) is 5.92 Å². The zero-order chi connectivity index (χ0) is 12.1. The second-order valence-electron chi connectivity index (χ2n) is 4.38. The highest BCUT2D eigenvalue weighted by Gasteiger charge is 2.16. The molecule has 0 heterocycles. The maximum atomic E-state index is 13.4. The van der Waals surface area contributed by atoms with E-state index in [2.05, 4.69) is 42.0 Å². The maximum Gasteiger partial charge on any atom is 0.137 e. The van der Waals surface area contributed by atoms with Gasteiger partial charge in [-0.3, -0.25) is 0 Å². The first-order chi connectivity index (χ1) is 7.56. The predicted octanol–water partition coefficient (Wildman–Crippen LogP) is 4.28.